The Balaban J connectivity index is 0.00000121. The fourth-order valence-corrected chi connectivity index (χ4v) is 1.28. The molecule has 1 aromatic heterocycles. The van der Waals surface area contributed by atoms with Crippen molar-refractivity contribution in [2.45, 2.75) is 6.54 Å². The van der Waals surface area contributed by atoms with E-state index in [-0.39, 0.29) is 12.4 Å². The van der Waals surface area contributed by atoms with E-state index >= 15 is 0 Å². The van der Waals surface area contributed by atoms with Gasteiger partial charge < -0.3 is 12.4 Å². The zero-order chi connectivity index (χ0) is 8.43. The van der Waals surface area contributed by atoms with E-state index in [0.29, 0.717) is 0 Å². The number of aryl methyl sites for hydroxylation is 1. The Hall–Kier alpha value is 0.01000. The normalized spacial score (nSPS) is 9.25. The van der Waals surface area contributed by atoms with Gasteiger partial charge in [0.1, 0.15) is 12.7 Å². The number of aromatic nitrogens is 2. The lowest BCUT2D eigenvalue weighted by molar-refractivity contribution is -0.687. The molecule has 0 atom stereocenters. The van der Waals surface area contributed by atoms with E-state index in [0.717, 1.165) is 16.2 Å². The van der Waals surface area contributed by atoms with Crippen LogP contribution in [0.4, 0.5) is 0 Å². The first kappa shape index (κ1) is 12.0. The first-order valence-corrected chi connectivity index (χ1v) is 4.31. The van der Waals surface area contributed by atoms with E-state index < -0.39 is 0 Å². The SMILES string of the molecule is C=C(Br)C[n+]1cc(Cl)n(C)c1.[Cl-]. The number of nitrogens with zero attached hydrogens (tertiary/aromatic N) is 2. The first-order valence-electron chi connectivity index (χ1n) is 3.14. The molecule has 0 radical (unpaired) electrons. The molecule has 0 aliphatic carbocycles. The van der Waals surface area contributed by atoms with Crippen LogP contribution in [0.1, 0.15) is 0 Å². The predicted octanol–water partition coefficient (Wildman–Crippen LogP) is -1.12. The molecule has 0 aliphatic heterocycles. The molecule has 5 heteroatoms. The lowest BCUT2D eigenvalue weighted by atomic mass is 10.6. The van der Waals surface area contributed by atoms with Crippen LogP contribution in [0.25, 0.3) is 0 Å². The molecule has 12 heavy (non-hydrogen) atoms. The minimum absolute atomic E-state index is 0. The highest BCUT2D eigenvalue weighted by Crippen LogP contribution is 2.04. The van der Waals surface area contributed by atoms with Crippen LogP contribution < -0.4 is 17.0 Å². The van der Waals surface area contributed by atoms with E-state index in [1.54, 1.807) is 0 Å². The lowest BCUT2D eigenvalue weighted by Gasteiger charge is -1.89. The quantitative estimate of drug-likeness (QED) is 0.603. The van der Waals surface area contributed by atoms with Gasteiger partial charge in [-0.15, -0.1) is 0 Å². The average molecular weight is 272 g/mol. The van der Waals surface area contributed by atoms with Gasteiger partial charge in [-0.3, -0.25) is 0 Å². The molecule has 0 N–H and O–H groups in total. The van der Waals surface area contributed by atoms with Gasteiger partial charge in [-0.25, -0.2) is 9.13 Å². The Morgan fingerprint density at radius 1 is 1.83 bits per heavy atom. The van der Waals surface area contributed by atoms with Crippen molar-refractivity contribution in [1.82, 2.24) is 4.57 Å². The third-order valence-electron chi connectivity index (χ3n) is 1.28. The van der Waals surface area contributed by atoms with Crippen molar-refractivity contribution in [2.24, 2.45) is 7.05 Å². The molecule has 0 amide bonds. The van der Waals surface area contributed by atoms with Crippen LogP contribution in [0.2, 0.25) is 5.15 Å². The van der Waals surface area contributed by atoms with E-state index in [1.165, 1.54) is 0 Å². The van der Waals surface area contributed by atoms with Gasteiger partial charge in [-0.2, -0.15) is 0 Å². The minimum atomic E-state index is 0. The van der Waals surface area contributed by atoms with Crippen molar-refractivity contribution in [3.05, 3.63) is 28.7 Å². The Labute approximate surface area is 91.4 Å². The van der Waals surface area contributed by atoms with Gasteiger partial charge >= 0.3 is 0 Å². The van der Waals surface area contributed by atoms with Gasteiger partial charge in [0, 0.05) is 4.48 Å². The topological polar surface area (TPSA) is 8.81 Å². The Kier molecular flexibility index (Phi) is 4.90. The summed E-state index contributed by atoms with van der Waals surface area (Å²) in [5.74, 6) is 0. The maximum Gasteiger partial charge on any atom is 0.245 e. The molecular weight excluding hydrogens is 263 g/mol. The van der Waals surface area contributed by atoms with Crippen molar-refractivity contribution in [1.29, 1.82) is 0 Å². The van der Waals surface area contributed by atoms with Gasteiger partial charge in [-0.05, 0) is 11.6 Å². The highest BCUT2D eigenvalue weighted by molar-refractivity contribution is 9.11. The van der Waals surface area contributed by atoms with Crippen molar-refractivity contribution >= 4 is 27.5 Å². The van der Waals surface area contributed by atoms with Crippen LogP contribution in [0.5, 0.6) is 0 Å². The number of imidazole rings is 1. The summed E-state index contributed by atoms with van der Waals surface area (Å²) < 4.78 is 4.74. The van der Waals surface area contributed by atoms with Gasteiger partial charge in [-0.1, -0.05) is 22.5 Å². The maximum atomic E-state index is 5.81. The fraction of sp³-hybridized carbons (Fsp3) is 0.286. The van der Waals surface area contributed by atoms with Crippen LogP contribution in [-0.4, -0.2) is 4.57 Å². The van der Waals surface area contributed by atoms with Crippen molar-refractivity contribution in [3.8, 4) is 0 Å². The monoisotopic (exact) mass is 270 g/mol. The van der Waals surface area contributed by atoms with E-state index in [1.807, 2.05) is 28.7 Å². The third-order valence-corrected chi connectivity index (χ3v) is 1.90. The number of hydrogen-bond acceptors (Lipinski definition) is 0. The summed E-state index contributed by atoms with van der Waals surface area (Å²) >= 11 is 9.09. The molecule has 0 saturated heterocycles. The number of halogens is 3. The maximum absolute atomic E-state index is 5.81. The number of allylic oxidation sites excluding steroid dienone is 1. The van der Waals surface area contributed by atoms with E-state index in [2.05, 4.69) is 22.5 Å². The summed E-state index contributed by atoms with van der Waals surface area (Å²) in [5, 5.41) is 0.721. The third kappa shape index (κ3) is 3.17. The van der Waals surface area contributed by atoms with Gasteiger partial charge in [0.15, 0.2) is 0 Å². The van der Waals surface area contributed by atoms with Crippen molar-refractivity contribution in [3.63, 3.8) is 0 Å². The second kappa shape index (κ2) is 4.90. The summed E-state index contributed by atoms with van der Waals surface area (Å²) in [5.41, 5.74) is 0. The molecule has 0 aliphatic rings. The minimum Gasteiger partial charge on any atom is -1.00 e. The second-order valence-corrected chi connectivity index (χ2v) is 3.88. The Morgan fingerprint density at radius 2 is 2.42 bits per heavy atom. The van der Waals surface area contributed by atoms with E-state index in [4.69, 9.17) is 11.6 Å². The number of hydrogen-bond donors (Lipinski definition) is 0. The molecule has 0 saturated carbocycles. The van der Waals surface area contributed by atoms with E-state index in [9.17, 15) is 0 Å². The van der Waals surface area contributed by atoms with Crippen LogP contribution in [-0.2, 0) is 13.6 Å². The zero-order valence-corrected chi connectivity index (χ0v) is 9.70. The van der Waals surface area contributed by atoms with Crippen LogP contribution in [0.15, 0.2) is 23.6 Å². The lowest BCUT2D eigenvalue weighted by Crippen LogP contribution is -3.00. The molecule has 0 bridgehead atoms. The number of rotatable bonds is 2. The van der Waals surface area contributed by atoms with Gasteiger partial charge in [0.05, 0.1) is 7.05 Å². The summed E-state index contributed by atoms with van der Waals surface area (Å²) in [6.07, 6.45) is 3.77. The summed E-state index contributed by atoms with van der Waals surface area (Å²) in [6, 6.07) is 0. The highest BCUT2D eigenvalue weighted by atomic mass is 79.9. The largest absolute Gasteiger partial charge is 1.00 e. The average Bonchev–Trinajstić information content (AvgIpc) is 2.10. The smallest absolute Gasteiger partial charge is 0.245 e. The molecule has 1 heterocycles. The van der Waals surface area contributed by atoms with Gasteiger partial charge in [0.2, 0.25) is 11.5 Å². The molecule has 2 nitrogen and oxygen atoms in total. The van der Waals surface area contributed by atoms with Crippen LogP contribution >= 0.6 is 27.5 Å². The summed E-state index contributed by atoms with van der Waals surface area (Å²) in [4.78, 5) is 0. The first-order chi connectivity index (χ1) is 5.09. The zero-order valence-electron chi connectivity index (χ0n) is 6.60. The summed E-state index contributed by atoms with van der Waals surface area (Å²) in [7, 11) is 1.90. The molecule has 1 aromatic rings. The fourth-order valence-electron chi connectivity index (χ4n) is 0.823. The molecule has 0 fully saturated rings. The molecule has 0 spiro atoms. The highest BCUT2D eigenvalue weighted by Gasteiger charge is 2.06. The Bertz CT molecular complexity index is 263. The molecule has 68 valence electrons. The summed E-state index contributed by atoms with van der Waals surface area (Å²) in [6.45, 7) is 4.48. The second-order valence-electron chi connectivity index (χ2n) is 2.37. The van der Waals surface area contributed by atoms with Crippen LogP contribution in [0.3, 0.4) is 0 Å². The molecule has 0 aromatic carbocycles. The molecule has 0 unspecified atom stereocenters. The standard InChI is InChI=1S/C7H9BrClN2.ClH/c1-6(8)3-11-4-7(9)10(2)5-11;/h4-5H,1,3H2,2H3;1H/q+1;/p-1. The predicted molar refractivity (Wildman–Crippen MR) is 48.7 cm³/mol. The molecule has 1 rings (SSSR count). The van der Waals surface area contributed by atoms with Crippen molar-refractivity contribution < 1.29 is 17.0 Å². The van der Waals surface area contributed by atoms with Gasteiger partial charge in [0.25, 0.3) is 0 Å². The van der Waals surface area contributed by atoms with Crippen molar-refractivity contribution in [2.75, 3.05) is 0 Å². The molecular formula is C7H9BrCl2N2. The Morgan fingerprint density at radius 3 is 2.75 bits per heavy atom. The van der Waals surface area contributed by atoms with Crippen LogP contribution in [0, 0.1) is 0 Å².